The number of benzene rings is 1. The highest BCUT2D eigenvalue weighted by Gasteiger charge is 2.01. The first-order chi connectivity index (χ1) is 7.76. The summed E-state index contributed by atoms with van der Waals surface area (Å²) in [6.07, 6.45) is 3.09. The Kier molecular flexibility index (Phi) is 5.62. The summed E-state index contributed by atoms with van der Waals surface area (Å²) in [4.78, 5) is 11.2. The molecule has 16 heavy (non-hydrogen) atoms. The quantitative estimate of drug-likeness (QED) is 0.704. The zero-order valence-corrected chi connectivity index (χ0v) is 10.2. The molecule has 0 radical (unpaired) electrons. The number of ketones is 1. The van der Waals surface area contributed by atoms with Crippen LogP contribution in [-0.2, 0) is 11.2 Å². The average molecular weight is 220 g/mol. The number of aryl methyl sites for hydroxylation is 1. The van der Waals surface area contributed by atoms with Crippen LogP contribution in [0.25, 0.3) is 0 Å². The van der Waals surface area contributed by atoms with Crippen molar-refractivity contribution in [1.29, 1.82) is 0 Å². The molecule has 2 heteroatoms. The summed E-state index contributed by atoms with van der Waals surface area (Å²) in [6, 6.07) is 8.01. The van der Waals surface area contributed by atoms with Crippen molar-refractivity contribution in [3.63, 3.8) is 0 Å². The number of hydrogen-bond donors (Lipinski definition) is 0. The van der Waals surface area contributed by atoms with Crippen molar-refractivity contribution in [3.05, 3.63) is 29.8 Å². The van der Waals surface area contributed by atoms with Gasteiger partial charge in [0.2, 0.25) is 0 Å². The van der Waals surface area contributed by atoms with Crippen molar-refractivity contribution in [3.8, 4) is 5.75 Å². The highest BCUT2D eigenvalue weighted by atomic mass is 16.5. The number of ether oxygens (including phenoxy) is 1. The van der Waals surface area contributed by atoms with E-state index in [2.05, 4.69) is 6.92 Å². The minimum Gasteiger partial charge on any atom is -0.494 e. The molecule has 0 saturated heterocycles. The van der Waals surface area contributed by atoms with Crippen LogP contribution < -0.4 is 4.74 Å². The first kappa shape index (κ1) is 12.8. The molecular weight excluding hydrogens is 200 g/mol. The molecule has 0 aliphatic carbocycles. The van der Waals surface area contributed by atoms with E-state index in [1.807, 2.05) is 31.2 Å². The van der Waals surface area contributed by atoms with Crippen LogP contribution in [-0.4, -0.2) is 12.4 Å². The molecule has 1 aromatic carbocycles. The van der Waals surface area contributed by atoms with E-state index in [0.717, 1.165) is 25.2 Å². The van der Waals surface area contributed by atoms with Gasteiger partial charge < -0.3 is 4.74 Å². The molecule has 0 N–H and O–H groups in total. The van der Waals surface area contributed by atoms with Crippen LogP contribution in [0, 0.1) is 0 Å². The van der Waals surface area contributed by atoms with Crippen molar-refractivity contribution in [2.24, 2.45) is 0 Å². The Bertz CT molecular complexity index is 331. The Balaban J connectivity index is 2.50. The zero-order chi connectivity index (χ0) is 11.8. The second kappa shape index (κ2) is 7.04. The summed E-state index contributed by atoms with van der Waals surface area (Å²) in [5.41, 5.74) is 1.18. The Morgan fingerprint density at radius 1 is 1.31 bits per heavy atom. The Labute approximate surface area is 97.6 Å². The minimum absolute atomic E-state index is 0.319. The Morgan fingerprint density at radius 3 is 2.81 bits per heavy atom. The van der Waals surface area contributed by atoms with Gasteiger partial charge in [-0.25, -0.2) is 0 Å². The second-order valence-corrected chi connectivity index (χ2v) is 3.89. The molecule has 0 aliphatic heterocycles. The minimum atomic E-state index is 0.319. The fraction of sp³-hybridized carbons (Fsp3) is 0.500. The van der Waals surface area contributed by atoms with Crippen LogP contribution in [0.1, 0.15) is 38.7 Å². The van der Waals surface area contributed by atoms with Gasteiger partial charge in [-0.3, -0.25) is 4.79 Å². The van der Waals surface area contributed by atoms with Crippen molar-refractivity contribution < 1.29 is 9.53 Å². The van der Waals surface area contributed by atoms with Gasteiger partial charge in [-0.2, -0.15) is 0 Å². The predicted octanol–water partition coefficient (Wildman–Crippen LogP) is 3.39. The van der Waals surface area contributed by atoms with Gasteiger partial charge in [0.25, 0.3) is 0 Å². The predicted molar refractivity (Wildman–Crippen MR) is 65.8 cm³/mol. The number of hydrogen-bond acceptors (Lipinski definition) is 2. The van der Waals surface area contributed by atoms with Crippen molar-refractivity contribution in [2.75, 3.05) is 6.61 Å². The molecule has 0 heterocycles. The summed E-state index contributed by atoms with van der Waals surface area (Å²) in [6.45, 7) is 4.74. The molecule has 0 unspecified atom stereocenters. The topological polar surface area (TPSA) is 26.3 Å². The maximum absolute atomic E-state index is 11.2. The molecule has 0 amide bonds. The highest BCUT2D eigenvalue weighted by Crippen LogP contribution is 2.15. The number of carbonyl (C=O) groups is 1. The van der Waals surface area contributed by atoms with Crippen molar-refractivity contribution in [1.82, 2.24) is 0 Å². The molecule has 1 aromatic rings. The third-order valence-corrected chi connectivity index (χ3v) is 2.46. The van der Waals surface area contributed by atoms with Crippen LogP contribution in [0.3, 0.4) is 0 Å². The summed E-state index contributed by atoms with van der Waals surface area (Å²) in [5, 5.41) is 0. The molecule has 2 nitrogen and oxygen atoms in total. The van der Waals surface area contributed by atoms with Crippen LogP contribution >= 0.6 is 0 Å². The summed E-state index contributed by atoms with van der Waals surface area (Å²) >= 11 is 0. The third-order valence-electron chi connectivity index (χ3n) is 2.46. The maximum atomic E-state index is 11.2. The van der Waals surface area contributed by atoms with Gasteiger partial charge in [0.1, 0.15) is 11.5 Å². The zero-order valence-electron chi connectivity index (χ0n) is 10.2. The molecule has 0 spiro atoms. The van der Waals surface area contributed by atoms with E-state index < -0.39 is 0 Å². The van der Waals surface area contributed by atoms with E-state index in [-0.39, 0.29) is 0 Å². The molecule has 0 saturated carbocycles. The summed E-state index contributed by atoms with van der Waals surface area (Å²) in [5.74, 6) is 1.23. The van der Waals surface area contributed by atoms with E-state index in [4.69, 9.17) is 4.74 Å². The van der Waals surface area contributed by atoms with E-state index in [1.165, 1.54) is 5.56 Å². The summed E-state index contributed by atoms with van der Waals surface area (Å²) in [7, 11) is 0. The Hall–Kier alpha value is -1.31. The molecule has 1 rings (SSSR count). The first-order valence-corrected chi connectivity index (χ1v) is 5.99. The van der Waals surface area contributed by atoms with E-state index in [0.29, 0.717) is 18.6 Å². The van der Waals surface area contributed by atoms with Gasteiger partial charge in [-0.05, 0) is 30.5 Å². The number of Topliss-reactive ketones (excluding diaryl/α,β-unsaturated/α-hetero) is 1. The fourth-order valence-electron chi connectivity index (χ4n) is 1.47. The average Bonchev–Trinajstić information content (AvgIpc) is 2.34. The van der Waals surface area contributed by atoms with Gasteiger partial charge in [0.05, 0.1) is 6.61 Å². The number of carbonyl (C=O) groups excluding carboxylic acids is 1. The van der Waals surface area contributed by atoms with Crippen molar-refractivity contribution >= 4 is 5.78 Å². The second-order valence-electron chi connectivity index (χ2n) is 3.89. The molecule has 0 fully saturated rings. The van der Waals surface area contributed by atoms with Gasteiger partial charge in [0.15, 0.2) is 0 Å². The third kappa shape index (κ3) is 4.47. The lowest BCUT2D eigenvalue weighted by Gasteiger charge is -2.06. The maximum Gasteiger partial charge on any atom is 0.132 e. The van der Waals surface area contributed by atoms with Gasteiger partial charge in [-0.15, -0.1) is 0 Å². The first-order valence-electron chi connectivity index (χ1n) is 5.99. The van der Waals surface area contributed by atoms with Gasteiger partial charge in [-0.1, -0.05) is 26.0 Å². The molecule has 0 aliphatic rings. The summed E-state index contributed by atoms with van der Waals surface area (Å²) < 4.78 is 5.54. The van der Waals surface area contributed by atoms with Crippen LogP contribution in [0.15, 0.2) is 24.3 Å². The highest BCUT2D eigenvalue weighted by molar-refractivity contribution is 5.78. The molecule has 0 atom stereocenters. The number of rotatable bonds is 7. The van der Waals surface area contributed by atoms with E-state index in [9.17, 15) is 4.79 Å². The SMILES string of the molecule is CCCOc1cccc(CCC(=O)CC)c1. The normalized spacial score (nSPS) is 10.1. The van der Waals surface area contributed by atoms with Gasteiger partial charge >= 0.3 is 0 Å². The lowest BCUT2D eigenvalue weighted by molar-refractivity contribution is -0.118. The van der Waals surface area contributed by atoms with E-state index in [1.54, 1.807) is 0 Å². The molecule has 88 valence electrons. The molecule has 0 aromatic heterocycles. The largest absolute Gasteiger partial charge is 0.494 e. The smallest absolute Gasteiger partial charge is 0.132 e. The molecular formula is C14H20O2. The van der Waals surface area contributed by atoms with E-state index >= 15 is 0 Å². The standard InChI is InChI=1S/C14H20O2/c1-3-10-16-14-7-5-6-12(11-14)8-9-13(15)4-2/h5-7,11H,3-4,8-10H2,1-2H3. The van der Waals surface area contributed by atoms with Crippen LogP contribution in [0.5, 0.6) is 5.75 Å². The lowest BCUT2D eigenvalue weighted by Crippen LogP contribution is -1.99. The van der Waals surface area contributed by atoms with Crippen LogP contribution in [0.2, 0.25) is 0 Å². The monoisotopic (exact) mass is 220 g/mol. The molecule has 0 bridgehead atoms. The van der Waals surface area contributed by atoms with Crippen LogP contribution in [0.4, 0.5) is 0 Å². The lowest BCUT2D eigenvalue weighted by atomic mass is 10.1. The van der Waals surface area contributed by atoms with Crippen molar-refractivity contribution in [2.45, 2.75) is 39.5 Å². The fourth-order valence-corrected chi connectivity index (χ4v) is 1.47. The van der Waals surface area contributed by atoms with Gasteiger partial charge in [0, 0.05) is 12.8 Å². The Morgan fingerprint density at radius 2 is 2.12 bits per heavy atom.